The fourth-order valence-electron chi connectivity index (χ4n) is 0.115. The quantitative estimate of drug-likeness (QED) is 0.295. The first-order valence-corrected chi connectivity index (χ1v) is 11.2. The van der Waals surface area contributed by atoms with Gasteiger partial charge in [0.1, 0.15) is 0 Å². The van der Waals surface area contributed by atoms with Crippen LogP contribution >= 0.6 is 25.3 Å². The van der Waals surface area contributed by atoms with Crippen molar-refractivity contribution in [2.75, 3.05) is 26.4 Å². The van der Waals surface area contributed by atoms with Crippen molar-refractivity contribution in [1.82, 2.24) is 0 Å². The third-order valence-electron chi connectivity index (χ3n) is 0.843. The molecular formula is C8H22O4S2Sn. The van der Waals surface area contributed by atoms with Crippen LogP contribution in [0.4, 0.5) is 0 Å². The molecule has 0 spiro atoms. The van der Waals surface area contributed by atoms with Gasteiger partial charge in [0.25, 0.3) is 0 Å². The maximum absolute atomic E-state index is 8.10. The minimum absolute atomic E-state index is 0.0559. The Bertz CT molecular complexity index is 82.7. The molecule has 0 aliphatic carbocycles. The molecule has 15 heavy (non-hydrogen) atoms. The SMILES string of the molecule is OCC(S)CO.OCC(S)CO.[CH3][Sn][CH3]. The molecule has 0 aliphatic rings. The number of hydrogen-bond donors (Lipinski definition) is 6. The molecule has 4 nitrogen and oxygen atoms in total. The van der Waals surface area contributed by atoms with Gasteiger partial charge in [0, 0.05) is 10.5 Å². The van der Waals surface area contributed by atoms with E-state index in [0.717, 1.165) is 0 Å². The Kier molecular flexibility index (Phi) is 29.8. The number of rotatable bonds is 4. The average Bonchev–Trinajstić information content (AvgIpc) is 2.28. The van der Waals surface area contributed by atoms with Crippen LogP contribution in [-0.4, -0.2) is 78.5 Å². The molecule has 4 N–H and O–H groups in total. The Morgan fingerprint density at radius 3 is 0.933 bits per heavy atom. The van der Waals surface area contributed by atoms with E-state index >= 15 is 0 Å². The fourth-order valence-corrected chi connectivity index (χ4v) is 0.115. The van der Waals surface area contributed by atoms with Crippen molar-refractivity contribution in [3.05, 3.63) is 0 Å². The van der Waals surface area contributed by atoms with Gasteiger partial charge in [-0.25, -0.2) is 0 Å². The van der Waals surface area contributed by atoms with Gasteiger partial charge in [0.2, 0.25) is 0 Å². The van der Waals surface area contributed by atoms with Crippen LogP contribution in [0, 0.1) is 0 Å². The van der Waals surface area contributed by atoms with Gasteiger partial charge in [-0.05, 0) is 0 Å². The molecule has 0 amide bonds. The number of thiol groups is 2. The van der Waals surface area contributed by atoms with Crippen molar-refractivity contribution in [2.45, 2.75) is 20.4 Å². The monoisotopic (exact) mass is 366 g/mol. The molecule has 0 rings (SSSR count). The van der Waals surface area contributed by atoms with Gasteiger partial charge >= 0.3 is 31.0 Å². The minimum atomic E-state index is -0.259. The summed E-state index contributed by atoms with van der Waals surface area (Å²) in [5, 5.41) is 31.9. The maximum atomic E-state index is 8.10. The second-order valence-electron chi connectivity index (χ2n) is 2.54. The van der Waals surface area contributed by atoms with Crippen molar-refractivity contribution in [1.29, 1.82) is 0 Å². The first-order valence-electron chi connectivity index (χ1n) is 4.41. The molecule has 0 heterocycles. The Labute approximate surface area is 113 Å². The molecule has 0 aliphatic heterocycles. The molecule has 0 saturated carbocycles. The van der Waals surface area contributed by atoms with E-state index in [1.165, 1.54) is 0 Å². The molecule has 2 radical (unpaired) electrons. The van der Waals surface area contributed by atoms with Crippen LogP contribution in [0.5, 0.6) is 0 Å². The zero-order valence-electron chi connectivity index (χ0n) is 9.17. The first kappa shape index (κ1) is 21.6. The van der Waals surface area contributed by atoms with E-state index in [1.54, 1.807) is 0 Å². The second kappa shape index (κ2) is 20.7. The Morgan fingerprint density at radius 1 is 0.800 bits per heavy atom. The fraction of sp³-hybridized carbons (Fsp3) is 1.00. The topological polar surface area (TPSA) is 80.9 Å². The second-order valence-corrected chi connectivity index (χ2v) is 6.85. The number of hydrogen-bond acceptors (Lipinski definition) is 6. The molecule has 7 heteroatoms. The summed E-state index contributed by atoms with van der Waals surface area (Å²) in [5.74, 6) is 0. The normalized spacial score (nSPS) is 9.20. The van der Waals surface area contributed by atoms with Crippen molar-refractivity contribution >= 4 is 46.4 Å². The summed E-state index contributed by atoms with van der Waals surface area (Å²) < 4.78 is 0. The zero-order valence-corrected chi connectivity index (χ0v) is 13.8. The Hall–Kier alpha value is 1.34. The summed E-state index contributed by atoms with van der Waals surface area (Å²) in [5.41, 5.74) is 0. The zero-order chi connectivity index (χ0) is 12.7. The third kappa shape index (κ3) is 31.3. The van der Waals surface area contributed by atoms with E-state index in [1.807, 2.05) is 0 Å². The van der Waals surface area contributed by atoms with Crippen LogP contribution in [0.25, 0.3) is 0 Å². The van der Waals surface area contributed by atoms with E-state index in [9.17, 15) is 0 Å². The van der Waals surface area contributed by atoms with Crippen LogP contribution in [0.15, 0.2) is 0 Å². The summed E-state index contributed by atoms with van der Waals surface area (Å²) in [4.78, 5) is 4.59. The van der Waals surface area contributed by atoms with Gasteiger partial charge in [0.05, 0.1) is 26.4 Å². The van der Waals surface area contributed by atoms with Crippen LogP contribution in [-0.2, 0) is 0 Å². The van der Waals surface area contributed by atoms with E-state index in [0.29, 0.717) is 0 Å². The molecule has 94 valence electrons. The van der Waals surface area contributed by atoms with E-state index < -0.39 is 0 Å². The van der Waals surface area contributed by atoms with Gasteiger partial charge < -0.3 is 20.4 Å². The Balaban J connectivity index is -0.000000153. The molecule has 0 saturated heterocycles. The van der Waals surface area contributed by atoms with Crippen LogP contribution < -0.4 is 0 Å². The van der Waals surface area contributed by atoms with Crippen LogP contribution in [0.1, 0.15) is 0 Å². The van der Waals surface area contributed by atoms with Crippen LogP contribution in [0.2, 0.25) is 9.88 Å². The van der Waals surface area contributed by atoms with Gasteiger partial charge in [-0.3, -0.25) is 0 Å². The van der Waals surface area contributed by atoms with Gasteiger partial charge in [0.15, 0.2) is 0 Å². The average molecular weight is 365 g/mol. The third-order valence-corrected chi connectivity index (χ3v) is 1.50. The van der Waals surface area contributed by atoms with Crippen LogP contribution in [0.3, 0.4) is 0 Å². The Morgan fingerprint density at radius 2 is 0.933 bits per heavy atom. The van der Waals surface area contributed by atoms with Gasteiger partial charge in [-0.1, -0.05) is 0 Å². The molecule has 0 aromatic heterocycles. The number of aliphatic hydroxyl groups is 4. The molecule has 0 unspecified atom stereocenters. The van der Waals surface area contributed by atoms with Crippen molar-refractivity contribution in [3.8, 4) is 0 Å². The summed E-state index contributed by atoms with van der Waals surface area (Å²) in [6.07, 6.45) is 0. The molecule has 0 aromatic carbocycles. The molecule has 0 aromatic rings. The summed E-state index contributed by atoms with van der Waals surface area (Å²) in [6.45, 7) is -0.224. The molecular weight excluding hydrogens is 343 g/mol. The summed E-state index contributed by atoms with van der Waals surface area (Å²) in [6, 6.07) is 0. The predicted octanol–water partition coefficient (Wildman–Crippen LogP) is -0.674. The van der Waals surface area contributed by atoms with Crippen molar-refractivity contribution in [3.63, 3.8) is 0 Å². The number of aliphatic hydroxyl groups excluding tert-OH is 4. The van der Waals surface area contributed by atoms with Gasteiger partial charge in [-0.2, -0.15) is 25.3 Å². The van der Waals surface area contributed by atoms with E-state index in [-0.39, 0.29) is 58.1 Å². The predicted molar refractivity (Wildman–Crippen MR) is 71.4 cm³/mol. The van der Waals surface area contributed by atoms with E-state index in [4.69, 9.17) is 20.4 Å². The molecule has 0 bridgehead atoms. The van der Waals surface area contributed by atoms with Gasteiger partial charge in [-0.15, -0.1) is 0 Å². The van der Waals surface area contributed by atoms with Crippen molar-refractivity contribution < 1.29 is 20.4 Å². The first-order chi connectivity index (χ1) is 7.03. The standard InChI is InChI=1S/2C3H8O2S.2CH3.Sn/c2*4-1-3(6)2-5;;;/h2*3-6H,1-2H2;2*1H3;. The molecule has 0 fully saturated rings. The molecule has 0 atom stereocenters. The van der Waals surface area contributed by atoms with Crippen molar-refractivity contribution in [2.24, 2.45) is 0 Å². The summed E-state index contributed by atoms with van der Waals surface area (Å²) >= 11 is 7.69. The van der Waals surface area contributed by atoms with E-state index in [2.05, 4.69) is 35.1 Å². The summed E-state index contributed by atoms with van der Waals surface area (Å²) in [7, 11) is 0.